The van der Waals surface area contributed by atoms with Crippen LogP contribution in [-0.2, 0) is 11.3 Å². The maximum Gasteiger partial charge on any atom is 0.269 e. The highest BCUT2D eigenvalue weighted by Crippen LogP contribution is 2.21. The number of nitrogens with one attached hydrogen (secondary N) is 2. The van der Waals surface area contributed by atoms with E-state index in [1.54, 1.807) is 12.1 Å². The van der Waals surface area contributed by atoms with E-state index in [0.717, 1.165) is 23.1 Å². The molecule has 0 aliphatic heterocycles. The summed E-state index contributed by atoms with van der Waals surface area (Å²) < 4.78 is 0. The zero-order valence-corrected chi connectivity index (χ0v) is 18.9. The number of hydrogen-bond acceptors (Lipinski definition) is 5. The summed E-state index contributed by atoms with van der Waals surface area (Å²) in [4.78, 5) is 26.7. The molecule has 1 atom stereocenters. The lowest BCUT2D eigenvalue weighted by Crippen LogP contribution is -2.44. The minimum absolute atomic E-state index is 0.232. The first-order valence-corrected chi connectivity index (χ1v) is 11.2. The van der Waals surface area contributed by atoms with Crippen LogP contribution in [-0.4, -0.2) is 32.0 Å². The second-order valence-electron chi connectivity index (χ2n) is 7.90. The number of hydrogen-bond donors (Lipinski definition) is 2. The second-order valence-corrected chi connectivity index (χ2v) is 7.90. The number of nitrogens with zero attached hydrogens (tertiary/aromatic N) is 4. The Balaban J connectivity index is 1.33. The third kappa shape index (κ3) is 5.72. The standard InChI is InChI=1S/C26H26N6O2/c1-2-9-23(20-10-5-3-6-11-20)26(34)29-28-25(33)22-16-14-19(15-17-22)18-32-30-24(27-31-32)21-12-7-4-8-13-21/h3-8,10-17,23H,2,9,18H2,1H3,(H,28,33)(H,29,34). The molecule has 0 saturated heterocycles. The second kappa shape index (κ2) is 11.0. The van der Waals surface area contributed by atoms with Crippen LogP contribution in [0.5, 0.6) is 0 Å². The van der Waals surface area contributed by atoms with E-state index in [9.17, 15) is 9.59 Å². The Kier molecular flexibility index (Phi) is 7.39. The Labute approximate surface area is 198 Å². The molecular formula is C26H26N6O2. The lowest BCUT2D eigenvalue weighted by molar-refractivity contribution is -0.123. The van der Waals surface area contributed by atoms with Crippen LogP contribution in [0.1, 0.15) is 47.2 Å². The van der Waals surface area contributed by atoms with E-state index in [0.29, 0.717) is 24.4 Å². The smallest absolute Gasteiger partial charge is 0.269 e. The predicted molar refractivity (Wildman–Crippen MR) is 128 cm³/mol. The minimum atomic E-state index is -0.381. The third-order valence-electron chi connectivity index (χ3n) is 5.42. The first-order valence-electron chi connectivity index (χ1n) is 11.2. The third-order valence-corrected chi connectivity index (χ3v) is 5.42. The molecule has 0 spiro atoms. The van der Waals surface area contributed by atoms with Gasteiger partial charge in [-0.1, -0.05) is 86.1 Å². The Morgan fingerprint density at radius 2 is 1.56 bits per heavy atom. The average Bonchev–Trinajstić information content (AvgIpc) is 3.35. The molecule has 172 valence electrons. The molecule has 0 saturated carbocycles. The number of tetrazole rings is 1. The first kappa shape index (κ1) is 22.8. The number of amides is 2. The number of benzene rings is 3. The summed E-state index contributed by atoms with van der Waals surface area (Å²) >= 11 is 0. The molecule has 2 N–H and O–H groups in total. The molecule has 0 radical (unpaired) electrons. The number of carbonyl (C=O) groups excluding carboxylic acids is 2. The summed E-state index contributed by atoms with van der Waals surface area (Å²) in [6, 6.07) is 26.3. The Hall–Kier alpha value is -4.33. The van der Waals surface area contributed by atoms with Gasteiger partial charge >= 0.3 is 0 Å². The Morgan fingerprint density at radius 3 is 2.24 bits per heavy atom. The quantitative estimate of drug-likeness (QED) is 0.395. The molecule has 8 heteroatoms. The van der Waals surface area contributed by atoms with Gasteiger partial charge in [0.05, 0.1) is 12.5 Å². The van der Waals surface area contributed by atoms with Crippen molar-refractivity contribution in [3.05, 3.63) is 102 Å². The number of aromatic nitrogens is 4. The van der Waals surface area contributed by atoms with Crippen LogP contribution in [0.25, 0.3) is 11.4 Å². The van der Waals surface area contributed by atoms with Gasteiger partial charge in [-0.05, 0) is 34.9 Å². The summed E-state index contributed by atoms with van der Waals surface area (Å²) in [7, 11) is 0. The van der Waals surface area contributed by atoms with E-state index in [-0.39, 0.29) is 17.7 Å². The van der Waals surface area contributed by atoms with Gasteiger partial charge in [0.2, 0.25) is 11.7 Å². The number of carbonyl (C=O) groups is 2. The Bertz CT molecular complexity index is 1220. The molecule has 1 heterocycles. The van der Waals surface area contributed by atoms with E-state index in [4.69, 9.17) is 0 Å². The van der Waals surface area contributed by atoms with Crippen LogP contribution >= 0.6 is 0 Å². The van der Waals surface area contributed by atoms with E-state index in [2.05, 4.69) is 26.3 Å². The van der Waals surface area contributed by atoms with Gasteiger partial charge < -0.3 is 0 Å². The zero-order chi connectivity index (χ0) is 23.8. The van der Waals surface area contributed by atoms with E-state index >= 15 is 0 Å². The SMILES string of the molecule is CCCC(C(=O)NNC(=O)c1ccc(Cn2nnc(-c3ccccc3)n2)cc1)c1ccccc1. The molecule has 4 rings (SSSR count). The van der Waals surface area contributed by atoms with Crippen molar-refractivity contribution < 1.29 is 9.59 Å². The van der Waals surface area contributed by atoms with E-state index in [1.165, 1.54) is 4.80 Å². The zero-order valence-electron chi connectivity index (χ0n) is 18.9. The minimum Gasteiger partial charge on any atom is -0.273 e. The molecule has 2 amide bonds. The molecule has 0 bridgehead atoms. The summed E-state index contributed by atoms with van der Waals surface area (Å²) in [6.45, 7) is 2.45. The van der Waals surface area contributed by atoms with Crippen molar-refractivity contribution in [3.8, 4) is 11.4 Å². The van der Waals surface area contributed by atoms with Crippen LogP contribution in [0.15, 0.2) is 84.9 Å². The van der Waals surface area contributed by atoms with Gasteiger partial charge in [-0.25, -0.2) is 0 Å². The highest BCUT2D eigenvalue weighted by atomic mass is 16.2. The van der Waals surface area contributed by atoms with Crippen molar-refractivity contribution in [2.24, 2.45) is 0 Å². The highest BCUT2D eigenvalue weighted by Gasteiger charge is 2.20. The molecule has 0 fully saturated rings. The van der Waals surface area contributed by atoms with Crippen LogP contribution in [0.3, 0.4) is 0 Å². The monoisotopic (exact) mass is 454 g/mol. The molecule has 34 heavy (non-hydrogen) atoms. The molecule has 0 aliphatic rings. The lowest BCUT2D eigenvalue weighted by Gasteiger charge is -2.17. The summed E-state index contributed by atoms with van der Waals surface area (Å²) in [5, 5.41) is 12.6. The molecule has 3 aromatic carbocycles. The number of rotatable bonds is 8. The highest BCUT2D eigenvalue weighted by molar-refractivity contribution is 5.96. The van der Waals surface area contributed by atoms with Crippen molar-refractivity contribution in [1.82, 2.24) is 31.1 Å². The van der Waals surface area contributed by atoms with Gasteiger partial charge in [0.1, 0.15) is 0 Å². The van der Waals surface area contributed by atoms with Gasteiger partial charge in [0.25, 0.3) is 5.91 Å². The van der Waals surface area contributed by atoms with Crippen molar-refractivity contribution >= 4 is 11.8 Å². The van der Waals surface area contributed by atoms with Crippen LogP contribution in [0, 0.1) is 0 Å². The van der Waals surface area contributed by atoms with Crippen LogP contribution < -0.4 is 10.9 Å². The average molecular weight is 455 g/mol. The maximum absolute atomic E-state index is 12.7. The van der Waals surface area contributed by atoms with Gasteiger partial charge in [0, 0.05) is 11.1 Å². The van der Waals surface area contributed by atoms with Crippen molar-refractivity contribution in [2.45, 2.75) is 32.2 Å². The van der Waals surface area contributed by atoms with Gasteiger partial charge in [-0.2, -0.15) is 4.80 Å². The topological polar surface area (TPSA) is 102 Å². The summed E-state index contributed by atoms with van der Waals surface area (Å²) in [6.07, 6.45) is 1.55. The van der Waals surface area contributed by atoms with E-state index in [1.807, 2.05) is 79.7 Å². The lowest BCUT2D eigenvalue weighted by atomic mass is 9.94. The maximum atomic E-state index is 12.7. The summed E-state index contributed by atoms with van der Waals surface area (Å²) in [5.41, 5.74) is 8.27. The molecule has 0 aliphatic carbocycles. The van der Waals surface area contributed by atoms with Gasteiger partial charge in [-0.15, -0.1) is 10.2 Å². The number of hydrazine groups is 1. The molecule has 1 unspecified atom stereocenters. The van der Waals surface area contributed by atoms with Crippen LogP contribution in [0.2, 0.25) is 0 Å². The fourth-order valence-electron chi connectivity index (χ4n) is 3.64. The fourth-order valence-corrected chi connectivity index (χ4v) is 3.64. The fraction of sp³-hybridized carbons (Fsp3) is 0.192. The van der Waals surface area contributed by atoms with Gasteiger partial charge in [-0.3, -0.25) is 20.4 Å². The normalized spacial score (nSPS) is 11.6. The molecule has 4 aromatic rings. The van der Waals surface area contributed by atoms with Crippen molar-refractivity contribution in [3.63, 3.8) is 0 Å². The van der Waals surface area contributed by atoms with Crippen molar-refractivity contribution in [1.29, 1.82) is 0 Å². The summed E-state index contributed by atoms with van der Waals surface area (Å²) in [5.74, 6) is -0.369. The van der Waals surface area contributed by atoms with E-state index < -0.39 is 0 Å². The molecular weight excluding hydrogens is 428 g/mol. The van der Waals surface area contributed by atoms with Gasteiger partial charge in [0.15, 0.2) is 0 Å². The molecule has 1 aromatic heterocycles. The largest absolute Gasteiger partial charge is 0.273 e. The van der Waals surface area contributed by atoms with Crippen LogP contribution in [0.4, 0.5) is 0 Å². The van der Waals surface area contributed by atoms with Crippen molar-refractivity contribution in [2.75, 3.05) is 0 Å². The molecule has 8 nitrogen and oxygen atoms in total. The first-order chi connectivity index (χ1) is 16.6. The predicted octanol–water partition coefficient (Wildman–Crippen LogP) is 3.73. The Morgan fingerprint density at radius 1 is 0.882 bits per heavy atom.